The first-order valence-corrected chi connectivity index (χ1v) is 5.93. The van der Waals surface area contributed by atoms with E-state index in [4.69, 9.17) is 0 Å². The molecule has 14 heavy (non-hydrogen) atoms. The Kier molecular flexibility index (Phi) is 2.70. The molecule has 2 rings (SSSR count). The van der Waals surface area contributed by atoms with Crippen LogP contribution in [0.3, 0.4) is 0 Å². The van der Waals surface area contributed by atoms with Gasteiger partial charge in [0.05, 0.1) is 4.88 Å². The van der Waals surface area contributed by atoms with E-state index >= 15 is 0 Å². The Balaban J connectivity index is 2.47. The zero-order valence-electron chi connectivity index (χ0n) is 8.04. The van der Waals surface area contributed by atoms with Crippen LogP contribution in [0.5, 0.6) is 0 Å². The van der Waals surface area contributed by atoms with Crippen molar-refractivity contribution in [3.05, 3.63) is 40.0 Å². The van der Waals surface area contributed by atoms with Gasteiger partial charge in [-0.05, 0) is 64.1 Å². The molecular formula is C11H10BrNS. The highest BCUT2D eigenvalue weighted by Crippen LogP contribution is 2.28. The van der Waals surface area contributed by atoms with Crippen LogP contribution in [0.15, 0.2) is 28.9 Å². The quantitative estimate of drug-likeness (QED) is 0.755. The summed E-state index contributed by atoms with van der Waals surface area (Å²) in [4.78, 5) is 1.21. The van der Waals surface area contributed by atoms with Crippen LogP contribution in [0, 0.1) is 13.8 Å². The molecule has 0 spiro atoms. The van der Waals surface area contributed by atoms with Gasteiger partial charge >= 0.3 is 0 Å². The van der Waals surface area contributed by atoms with Gasteiger partial charge in [-0.3, -0.25) is 0 Å². The fraction of sp³-hybridized carbons (Fsp3) is 0.182. The molecule has 0 aliphatic rings. The van der Waals surface area contributed by atoms with E-state index in [0.29, 0.717) is 0 Å². The first-order valence-electron chi connectivity index (χ1n) is 4.36. The lowest BCUT2D eigenvalue weighted by atomic mass is 10.1. The number of halogens is 1. The van der Waals surface area contributed by atoms with Gasteiger partial charge in [-0.25, -0.2) is 0 Å². The summed E-state index contributed by atoms with van der Waals surface area (Å²) in [5.74, 6) is 0. The molecule has 1 nitrogen and oxygen atoms in total. The molecule has 72 valence electrons. The molecule has 0 unspecified atom stereocenters. The van der Waals surface area contributed by atoms with E-state index in [9.17, 15) is 0 Å². The summed E-state index contributed by atoms with van der Waals surface area (Å²) >= 11 is 4.88. The molecule has 1 aromatic carbocycles. The van der Waals surface area contributed by atoms with Crippen molar-refractivity contribution in [1.82, 2.24) is 4.37 Å². The SMILES string of the molecule is Cc1ccc(-c2cc(Br)ns2)cc1C. The molecule has 0 atom stereocenters. The molecule has 1 aromatic heterocycles. The Labute approximate surface area is 96.1 Å². The lowest BCUT2D eigenvalue weighted by molar-refractivity contribution is 1.34. The predicted octanol–water partition coefficient (Wildman–Crippen LogP) is 4.19. The average Bonchev–Trinajstić information content (AvgIpc) is 2.57. The van der Waals surface area contributed by atoms with Crippen LogP contribution in [0.1, 0.15) is 11.1 Å². The standard InChI is InChI=1S/C11H10BrNS/c1-7-3-4-9(5-8(7)2)10-6-11(12)13-14-10/h3-6H,1-2H3. The Bertz CT molecular complexity index is 462. The van der Waals surface area contributed by atoms with E-state index in [1.807, 2.05) is 0 Å². The Morgan fingerprint density at radius 1 is 1.14 bits per heavy atom. The van der Waals surface area contributed by atoms with Crippen LogP contribution < -0.4 is 0 Å². The third kappa shape index (κ3) is 1.88. The third-order valence-electron chi connectivity index (χ3n) is 2.27. The minimum absolute atomic E-state index is 0.913. The molecule has 1 heterocycles. The first-order chi connectivity index (χ1) is 6.66. The van der Waals surface area contributed by atoms with Gasteiger partial charge in [0.2, 0.25) is 0 Å². The minimum Gasteiger partial charge on any atom is -0.185 e. The molecule has 0 bridgehead atoms. The van der Waals surface area contributed by atoms with Crippen LogP contribution in [0.25, 0.3) is 10.4 Å². The minimum atomic E-state index is 0.913. The largest absolute Gasteiger partial charge is 0.185 e. The Hall–Kier alpha value is -0.670. The van der Waals surface area contributed by atoms with Crippen LogP contribution in [0.2, 0.25) is 0 Å². The molecule has 3 heteroatoms. The molecule has 0 fully saturated rings. The summed E-state index contributed by atoms with van der Waals surface area (Å²) in [6, 6.07) is 8.55. The average molecular weight is 268 g/mol. The van der Waals surface area contributed by atoms with Crippen molar-refractivity contribution in [2.24, 2.45) is 0 Å². The fourth-order valence-corrected chi connectivity index (χ4v) is 2.52. The third-order valence-corrected chi connectivity index (χ3v) is 3.75. The molecule has 0 saturated carbocycles. The summed E-state index contributed by atoms with van der Waals surface area (Å²) in [5, 5.41) is 0. The van der Waals surface area contributed by atoms with Gasteiger partial charge < -0.3 is 0 Å². The lowest BCUT2D eigenvalue weighted by Crippen LogP contribution is -1.80. The molecule has 0 aliphatic carbocycles. The van der Waals surface area contributed by atoms with Crippen molar-refractivity contribution in [2.75, 3.05) is 0 Å². The zero-order chi connectivity index (χ0) is 10.1. The summed E-state index contributed by atoms with van der Waals surface area (Å²) in [6.45, 7) is 4.26. The summed E-state index contributed by atoms with van der Waals surface area (Å²) in [7, 11) is 0. The Morgan fingerprint density at radius 2 is 1.93 bits per heavy atom. The number of aryl methyl sites for hydroxylation is 2. The molecule has 0 radical (unpaired) electrons. The van der Waals surface area contributed by atoms with Crippen molar-refractivity contribution >= 4 is 27.5 Å². The number of benzene rings is 1. The van der Waals surface area contributed by atoms with Gasteiger partial charge in [0, 0.05) is 0 Å². The zero-order valence-corrected chi connectivity index (χ0v) is 10.4. The maximum atomic E-state index is 4.20. The highest BCUT2D eigenvalue weighted by molar-refractivity contribution is 9.10. The van der Waals surface area contributed by atoms with Gasteiger partial charge in [0.25, 0.3) is 0 Å². The van der Waals surface area contributed by atoms with Crippen LogP contribution in [0.4, 0.5) is 0 Å². The Morgan fingerprint density at radius 3 is 2.50 bits per heavy atom. The predicted molar refractivity (Wildman–Crippen MR) is 64.7 cm³/mol. The van der Waals surface area contributed by atoms with E-state index in [1.54, 1.807) is 0 Å². The monoisotopic (exact) mass is 267 g/mol. The topological polar surface area (TPSA) is 12.9 Å². The second kappa shape index (κ2) is 3.83. The van der Waals surface area contributed by atoms with E-state index in [-0.39, 0.29) is 0 Å². The summed E-state index contributed by atoms with van der Waals surface area (Å²) in [5.41, 5.74) is 3.90. The number of nitrogens with zero attached hydrogens (tertiary/aromatic N) is 1. The maximum absolute atomic E-state index is 4.20. The lowest BCUT2D eigenvalue weighted by Gasteiger charge is -2.01. The van der Waals surface area contributed by atoms with E-state index in [1.165, 1.54) is 33.1 Å². The molecular weight excluding hydrogens is 258 g/mol. The second-order valence-electron chi connectivity index (χ2n) is 3.31. The number of hydrogen-bond acceptors (Lipinski definition) is 2. The summed E-state index contributed by atoms with van der Waals surface area (Å²) in [6.07, 6.45) is 0. The van der Waals surface area contributed by atoms with Crippen LogP contribution in [-0.2, 0) is 0 Å². The smallest absolute Gasteiger partial charge is 0.120 e. The summed E-state index contributed by atoms with van der Waals surface area (Å²) < 4.78 is 5.12. The maximum Gasteiger partial charge on any atom is 0.120 e. The molecule has 2 aromatic rings. The van der Waals surface area contributed by atoms with Crippen LogP contribution in [-0.4, -0.2) is 4.37 Å². The van der Waals surface area contributed by atoms with Crippen molar-refractivity contribution < 1.29 is 0 Å². The molecule has 0 aliphatic heterocycles. The molecule has 0 N–H and O–H groups in total. The van der Waals surface area contributed by atoms with Crippen LogP contribution >= 0.6 is 27.5 Å². The van der Waals surface area contributed by atoms with E-state index in [0.717, 1.165) is 4.60 Å². The normalized spacial score (nSPS) is 10.5. The van der Waals surface area contributed by atoms with Gasteiger partial charge in [-0.15, -0.1) is 0 Å². The number of aromatic nitrogens is 1. The van der Waals surface area contributed by atoms with E-state index in [2.05, 4.69) is 58.4 Å². The van der Waals surface area contributed by atoms with Gasteiger partial charge in [0.1, 0.15) is 4.60 Å². The van der Waals surface area contributed by atoms with Gasteiger partial charge in [-0.2, -0.15) is 4.37 Å². The van der Waals surface area contributed by atoms with Gasteiger partial charge in [0.15, 0.2) is 0 Å². The molecule has 0 saturated heterocycles. The van der Waals surface area contributed by atoms with Gasteiger partial charge in [-0.1, -0.05) is 18.2 Å². The van der Waals surface area contributed by atoms with Crippen molar-refractivity contribution in [1.29, 1.82) is 0 Å². The highest BCUT2D eigenvalue weighted by Gasteiger charge is 2.03. The number of hydrogen-bond donors (Lipinski definition) is 0. The number of rotatable bonds is 1. The molecule has 0 amide bonds. The first kappa shape index (κ1) is 9.87. The van der Waals surface area contributed by atoms with Crippen molar-refractivity contribution in [2.45, 2.75) is 13.8 Å². The second-order valence-corrected chi connectivity index (χ2v) is 4.93. The van der Waals surface area contributed by atoms with E-state index < -0.39 is 0 Å². The van der Waals surface area contributed by atoms with Crippen molar-refractivity contribution in [3.8, 4) is 10.4 Å². The fourth-order valence-electron chi connectivity index (χ4n) is 1.28. The highest BCUT2D eigenvalue weighted by atomic mass is 79.9. The van der Waals surface area contributed by atoms with Crippen molar-refractivity contribution in [3.63, 3.8) is 0 Å².